The van der Waals surface area contributed by atoms with E-state index in [1.54, 1.807) is 26.0 Å². The first-order valence-corrected chi connectivity index (χ1v) is 8.66. The predicted molar refractivity (Wildman–Crippen MR) is 97.1 cm³/mol. The molecule has 1 N–H and O–H groups in total. The Balaban J connectivity index is 2.06. The highest BCUT2D eigenvalue weighted by molar-refractivity contribution is 6.16. The van der Waals surface area contributed by atoms with Gasteiger partial charge in [-0.2, -0.15) is 0 Å². The predicted octanol–water partition coefficient (Wildman–Crippen LogP) is 4.11. The fourth-order valence-electron chi connectivity index (χ4n) is 3.10. The zero-order valence-corrected chi connectivity index (χ0v) is 15.5. The van der Waals surface area contributed by atoms with E-state index in [4.69, 9.17) is 0 Å². The minimum atomic E-state index is -4.85. The summed E-state index contributed by atoms with van der Waals surface area (Å²) in [5.41, 5.74) is 0.592. The molecule has 0 fully saturated rings. The van der Waals surface area contributed by atoms with Crippen LogP contribution in [0.3, 0.4) is 0 Å². The Bertz CT molecular complexity index is 954. The Hall–Kier alpha value is -3.36. The first-order chi connectivity index (χ1) is 13.6. The monoisotopic (exact) mass is 406 g/mol. The highest BCUT2D eigenvalue weighted by Gasteiger charge is 2.45. The van der Waals surface area contributed by atoms with Crippen molar-refractivity contribution < 1.29 is 32.6 Å². The Morgan fingerprint density at radius 2 is 1.86 bits per heavy atom. The third-order valence-electron chi connectivity index (χ3n) is 4.35. The number of alkyl halides is 3. The fraction of sp³-hybridized carbons (Fsp3) is 0.250. The maximum Gasteiger partial charge on any atom is 0.573 e. The summed E-state index contributed by atoms with van der Waals surface area (Å²) in [5.74, 6) is -2.87. The Morgan fingerprint density at radius 1 is 1.21 bits per heavy atom. The van der Waals surface area contributed by atoms with Gasteiger partial charge in [0.2, 0.25) is 0 Å². The van der Waals surface area contributed by atoms with Gasteiger partial charge in [-0.3, -0.25) is 19.5 Å². The number of rotatable bonds is 5. The smallest absolute Gasteiger partial charge is 0.503 e. The van der Waals surface area contributed by atoms with Gasteiger partial charge in [0.25, 0.3) is 5.91 Å². The molecule has 1 atom stereocenters. The van der Waals surface area contributed by atoms with Crippen LogP contribution in [0.2, 0.25) is 0 Å². The van der Waals surface area contributed by atoms with E-state index in [9.17, 15) is 27.9 Å². The normalized spacial score (nSPS) is 17.2. The van der Waals surface area contributed by atoms with E-state index in [-0.39, 0.29) is 11.3 Å². The molecule has 2 aromatic rings. The molecule has 6 nitrogen and oxygen atoms in total. The molecule has 3 rings (SSSR count). The van der Waals surface area contributed by atoms with Crippen molar-refractivity contribution in [3.05, 3.63) is 65.7 Å². The van der Waals surface area contributed by atoms with Gasteiger partial charge in [0.1, 0.15) is 5.75 Å². The molecule has 1 unspecified atom stereocenters. The summed E-state index contributed by atoms with van der Waals surface area (Å²) in [7, 11) is 0. The first kappa shape index (κ1) is 20.4. The van der Waals surface area contributed by atoms with E-state index < -0.39 is 41.5 Å². The number of amides is 1. The summed E-state index contributed by atoms with van der Waals surface area (Å²) in [6.45, 7) is 3.28. The minimum Gasteiger partial charge on any atom is -0.503 e. The summed E-state index contributed by atoms with van der Waals surface area (Å²) in [6, 6.07) is 6.90. The van der Waals surface area contributed by atoms with E-state index in [0.29, 0.717) is 5.56 Å². The van der Waals surface area contributed by atoms with Crippen molar-refractivity contribution in [2.24, 2.45) is 5.92 Å². The summed E-state index contributed by atoms with van der Waals surface area (Å²) in [4.78, 5) is 30.6. The lowest BCUT2D eigenvalue weighted by molar-refractivity contribution is -0.274. The summed E-state index contributed by atoms with van der Waals surface area (Å²) in [6.07, 6.45) is -1.88. The number of nitrogens with zero attached hydrogens (tertiary/aromatic N) is 2. The second-order valence-electron chi connectivity index (χ2n) is 6.69. The Kier molecular flexibility index (Phi) is 5.32. The van der Waals surface area contributed by atoms with Gasteiger partial charge < -0.3 is 9.84 Å². The molecule has 0 bridgehead atoms. The van der Waals surface area contributed by atoms with Crippen LogP contribution in [0, 0.1) is 5.92 Å². The van der Waals surface area contributed by atoms with Crippen LogP contribution in [0.5, 0.6) is 5.75 Å². The van der Waals surface area contributed by atoms with Crippen molar-refractivity contribution in [2.45, 2.75) is 26.3 Å². The number of ether oxygens (including phenoxy) is 1. The molecular formula is C20H17F3N2O4. The van der Waals surface area contributed by atoms with Crippen LogP contribution in [0.4, 0.5) is 18.9 Å². The SMILES string of the molecule is CC(C)C(=O)C1=C(O)C(=O)N(c2ccc(OC(F)(F)F)cc2)C1c1cccnc1. The second kappa shape index (κ2) is 7.57. The molecule has 1 aliphatic rings. The van der Waals surface area contributed by atoms with Crippen LogP contribution in [0.25, 0.3) is 0 Å². The molecule has 1 aromatic carbocycles. The van der Waals surface area contributed by atoms with E-state index in [2.05, 4.69) is 9.72 Å². The average molecular weight is 406 g/mol. The zero-order chi connectivity index (χ0) is 21.3. The number of Topliss-reactive ketones (excluding diaryl/α,β-unsaturated/α-hetero) is 1. The van der Waals surface area contributed by atoms with Gasteiger partial charge in [-0.05, 0) is 35.9 Å². The van der Waals surface area contributed by atoms with E-state index in [1.165, 1.54) is 24.5 Å². The molecule has 0 saturated heterocycles. The number of aliphatic hydroxyl groups excluding tert-OH is 1. The number of benzene rings is 1. The molecule has 152 valence electrons. The third kappa shape index (κ3) is 4.08. The lowest BCUT2D eigenvalue weighted by atomic mass is 9.92. The standard InChI is InChI=1S/C20H17F3N2O4/c1-11(2)17(26)15-16(12-4-3-9-24-10-12)25(19(28)18(15)27)13-5-7-14(8-6-13)29-20(21,22)23/h3-11,16,27H,1-2H3. The zero-order valence-electron chi connectivity index (χ0n) is 15.5. The number of pyridine rings is 1. The maximum atomic E-state index is 12.8. The van der Waals surface area contributed by atoms with E-state index >= 15 is 0 Å². The van der Waals surface area contributed by atoms with Crippen molar-refractivity contribution in [1.29, 1.82) is 0 Å². The summed E-state index contributed by atoms with van der Waals surface area (Å²) >= 11 is 0. The number of hydrogen-bond acceptors (Lipinski definition) is 5. The van der Waals surface area contributed by atoms with Crippen LogP contribution in [0.15, 0.2) is 60.1 Å². The van der Waals surface area contributed by atoms with Gasteiger partial charge >= 0.3 is 6.36 Å². The highest BCUT2D eigenvalue weighted by atomic mass is 19.4. The van der Waals surface area contributed by atoms with Gasteiger partial charge in [-0.25, -0.2) is 0 Å². The molecule has 1 amide bonds. The van der Waals surface area contributed by atoms with Crippen molar-refractivity contribution in [2.75, 3.05) is 4.90 Å². The third-order valence-corrected chi connectivity index (χ3v) is 4.35. The van der Waals surface area contributed by atoms with Crippen LogP contribution in [-0.2, 0) is 9.59 Å². The molecule has 29 heavy (non-hydrogen) atoms. The maximum absolute atomic E-state index is 12.8. The number of halogens is 3. The quantitative estimate of drug-likeness (QED) is 0.809. The summed E-state index contributed by atoms with van der Waals surface area (Å²) in [5, 5.41) is 10.4. The molecule has 9 heteroatoms. The van der Waals surface area contributed by atoms with Crippen molar-refractivity contribution in [3.8, 4) is 5.75 Å². The van der Waals surface area contributed by atoms with E-state index in [1.807, 2.05) is 0 Å². The lowest BCUT2D eigenvalue weighted by Gasteiger charge is -2.27. The van der Waals surface area contributed by atoms with Gasteiger partial charge in [0, 0.05) is 24.0 Å². The van der Waals surface area contributed by atoms with Crippen molar-refractivity contribution >= 4 is 17.4 Å². The molecule has 2 heterocycles. The van der Waals surface area contributed by atoms with Crippen LogP contribution < -0.4 is 9.64 Å². The van der Waals surface area contributed by atoms with Crippen LogP contribution >= 0.6 is 0 Å². The van der Waals surface area contributed by atoms with E-state index in [0.717, 1.165) is 17.0 Å². The highest BCUT2D eigenvalue weighted by Crippen LogP contribution is 2.42. The van der Waals surface area contributed by atoms with Crippen molar-refractivity contribution in [1.82, 2.24) is 4.98 Å². The van der Waals surface area contributed by atoms with Crippen molar-refractivity contribution in [3.63, 3.8) is 0 Å². The number of aromatic nitrogens is 1. The van der Waals surface area contributed by atoms with Crippen LogP contribution in [-0.4, -0.2) is 28.1 Å². The second-order valence-corrected chi connectivity index (χ2v) is 6.69. The molecule has 0 aliphatic carbocycles. The largest absolute Gasteiger partial charge is 0.573 e. The van der Waals surface area contributed by atoms with Gasteiger partial charge in [0.05, 0.1) is 11.6 Å². The first-order valence-electron chi connectivity index (χ1n) is 8.66. The average Bonchev–Trinajstić information content (AvgIpc) is 2.92. The molecule has 1 aliphatic heterocycles. The molecule has 0 radical (unpaired) electrons. The van der Waals surface area contributed by atoms with Crippen LogP contribution in [0.1, 0.15) is 25.5 Å². The molecule has 0 saturated carbocycles. The number of hydrogen-bond donors (Lipinski definition) is 1. The number of aliphatic hydroxyl groups is 1. The Labute approximate surface area is 164 Å². The number of ketones is 1. The van der Waals surface area contributed by atoms with Gasteiger partial charge in [-0.1, -0.05) is 19.9 Å². The molecular weight excluding hydrogens is 389 g/mol. The van der Waals surface area contributed by atoms with Gasteiger partial charge in [-0.15, -0.1) is 13.2 Å². The number of carbonyl (C=O) groups is 2. The molecule has 0 spiro atoms. The fourth-order valence-corrected chi connectivity index (χ4v) is 3.10. The number of anilines is 1. The number of carbonyl (C=O) groups excluding carboxylic acids is 2. The lowest BCUT2D eigenvalue weighted by Crippen LogP contribution is -2.31. The minimum absolute atomic E-state index is 0.0754. The Morgan fingerprint density at radius 3 is 2.38 bits per heavy atom. The topological polar surface area (TPSA) is 79.7 Å². The summed E-state index contributed by atoms with van der Waals surface area (Å²) < 4.78 is 41.0. The molecule has 1 aromatic heterocycles. The van der Waals surface area contributed by atoms with Gasteiger partial charge in [0.15, 0.2) is 11.5 Å².